The second-order valence-corrected chi connectivity index (χ2v) is 9.14. The standard InChI is InChI=1S/C19H34N4O2/c1-13-10-19(5,6)9-8-15(13)20-11-14-12-21-23(7)16(14)22-17(24)25-18(2,3)4/h12-13,15,20H,8-11H2,1-7H3,(H,22,24). The Bertz CT molecular complexity index is 601. The molecule has 1 saturated carbocycles. The van der Waals surface area contributed by atoms with E-state index in [-0.39, 0.29) is 0 Å². The van der Waals surface area contributed by atoms with Crippen molar-refractivity contribution in [3.63, 3.8) is 0 Å². The van der Waals surface area contributed by atoms with Gasteiger partial charge in [0.1, 0.15) is 11.4 Å². The van der Waals surface area contributed by atoms with Gasteiger partial charge in [-0.05, 0) is 51.4 Å². The molecule has 1 aliphatic rings. The normalized spacial score (nSPS) is 23.3. The highest BCUT2D eigenvalue weighted by atomic mass is 16.6. The first-order chi connectivity index (χ1) is 11.5. The Hall–Kier alpha value is -1.56. The summed E-state index contributed by atoms with van der Waals surface area (Å²) in [5.74, 6) is 1.33. The molecule has 0 aromatic carbocycles. The number of rotatable bonds is 4. The van der Waals surface area contributed by atoms with Crippen LogP contribution in [0.1, 0.15) is 66.4 Å². The topological polar surface area (TPSA) is 68.2 Å². The van der Waals surface area contributed by atoms with Gasteiger partial charge >= 0.3 is 6.09 Å². The lowest BCUT2D eigenvalue weighted by Gasteiger charge is -2.39. The van der Waals surface area contributed by atoms with Gasteiger partial charge < -0.3 is 10.1 Å². The van der Waals surface area contributed by atoms with Crippen LogP contribution in [0.25, 0.3) is 0 Å². The molecule has 6 nitrogen and oxygen atoms in total. The third-order valence-corrected chi connectivity index (χ3v) is 4.88. The van der Waals surface area contributed by atoms with Gasteiger partial charge in [0, 0.05) is 25.2 Å². The summed E-state index contributed by atoms with van der Waals surface area (Å²) in [6.45, 7) is 13.3. The molecule has 0 spiro atoms. The number of nitrogens with one attached hydrogen (secondary N) is 2. The van der Waals surface area contributed by atoms with E-state index in [2.05, 4.69) is 36.5 Å². The van der Waals surface area contributed by atoms with E-state index in [1.165, 1.54) is 19.3 Å². The van der Waals surface area contributed by atoms with Crippen molar-refractivity contribution in [2.45, 2.75) is 79.0 Å². The van der Waals surface area contributed by atoms with E-state index in [9.17, 15) is 4.79 Å². The second kappa shape index (κ2) is 7.36. The number of carbonyl (C=O) groups excluding carboxylic acids is 1. The average molecular weight is 351 g/mol. The molecule has 0 saturated heterocycles. The van der Waals surface area contributed by atoms with Gasteiger partial charge in [-0.2, -0.15) is 5.10 Å². The van der Waals surface area contributed by atoms with Crippen molar-refractivity contribution >= 4 is 11.9 Å². The van der Waals surface area contributed by atoms with E-state index >= 15 is 0 Å². The number of aryl methyl sites for hydroxylation is 1. The third kappa shape index (κ3) is 5.73. The number of hydrogen-bond donors (Lipinski definition) is 2. The van der Waals surface area contributed by atoms with Crippen molar-refractivity contribution < 1.29 is 9.53 Å². The number of nitrogens with zero attached hydrogens (tertiary/aromatic N) is 2. The summed E-state index contributed by atoms with van der Waals surface area (Å²) < 4.78 is 7.02. The molecule has 0 bridgehead atoms. The predicted molar refractivity (Wildman–Crippen MR) is 100 cm³/mol. The van der Waals surface area contributed by atoms with Crippen molar-refractivity contribution in [1.29, 1.82) is 0 Å². The van der Waals surface area contributed by atoms with E-state index in [1.54, 1.807) is 10.9 Å². The van der Waals surface area contributed by atoms with Crippen LogP contribution in [0.2, 0.25) is 0 Å². The van der Waals surface area contributed by atoms with Gasteiger partial charge in [0.05, 0.1) is 6.20 Å². The van der Waals surface area contributed by atoms with E-state index in [0.717, 1.165) is 5.56 Å². The minimum Gasteiger partial charge on any atom is -0.444 e. The van der Waals surface area contributed by atoms with E-state index in [1.807, 2.05) is 27.8 Å². The SMILES string of the molecule is CC1CC(C)(C)CCC1NCc1cnn(C)c1NC(=O)OC(C)(C)C. The summed E-state index contributed by atoms with van der Waals surface area (Å²) in [5, 5.41) is 10.8. The Morgan fingerprint density at radius 1 is 1.44 bits per heavy atom. The molecule has 0 aliphatic heterocycles. The van der Waals surface area contributed by atoms with Crippen LogP contribution in [0.15, 0.2) is 6.20 Å². The predicted octanol–water partition coefficient (Wildman–Crippen LogP) is 4.07. The van der Waals surface area contributed by atoms with Crippen LogP contribution < -0.4 is 10.6 Å². The maximum absolute atomic E-state index is 12.1. The molecule has 6 heteroatoms. The molecule has 1 aromatic heterocycles. The number of amides is 1. The lowest BCUT2D eigenvalue weighted by atomic mass is 9.70. The molecule has 1 heterocycles. The fourth-order valence-electron chi connectivity index (χ4n) is 3.66. The molecule has 25 heavy (non-hydrogen) atoms. The first-order valence-electron chi connectivity index (χ1n) is 9.21. The fraction of sp³-hybridized carbons (Fsp3) is 0.789. The molecule has 1 fully saturated rings. The summed E-state index contributed by atoms with van der Waals surface area (Å²) in [7, 11) is 1.82. The van der Waals surface area contributed by atoms with Crippen molar-refractivity contribution in [3.05, 3.63) is 11.8 Å². The Morgan fingerprint density at radius 2 is 2.12 bits per heavy atom. The highest BCUT2D eigenvalue weighted by Crippen LogP contribution is 2.38. The number of ether oxygens (including phenoxy) is 1. The largest absolute Gasteiger partial charge is 0.444 e. The molecule has 1 aromatic rings. The van der Waals surface area contributed by atoms with Gasteiger partial charge in [-0.25, -0.2) is 4.79 Å². The van der Waals surface area contributed by atoms with Gasteiger partial charge in [-0.15, -0.1) is 0 Å². The van der Waals surface area contributed by atoms with Crippen LogP contribution in [0.4, 0.5) is 10.6 Å². The molecule has 2 N–H and O–H groups in total. The second-order valence-electron chi connectivity index (χ2n) is 9.14. The average Bonchev–Trinajstić information content (AvgIpc) is 2.76. The van der Waals surface area contributed by atoms with Crippen LogP contribution in [0.5, 0.6) is 0 Å². The number of anilines is 1. The van der Waals surface area contributed by atoms with Gasteiger partial charge in [-0.1, -0.05) is 20.8 Å². The Labute approximate surface area is 151 Å². The summed E-state index contributed by atoms with van der Waals surface area (Å²) >= 11 is 0. The van der Waals surface area contributed by atoms with Crippen molar-refractivity contribution in [2.24, 2.45) is 18.4 Å². The summed E-state index contributed by atoms with van der Waals surface area (Å²) in [4.78, 5) is 12.1. The molecule has 2 unspecified atom stereocenters. The quantitative estimate of drug-likeness (QED) is 0.859. The van der Waals surface area contributed by atoms with Crippen molar-refractivity contribution in [1.82, 2.24) is 15.1 Å². The monoisotopic (exact) mass is 350 g/mol. The molecular formula is C19H34N4O2. The molecule has 2 rings (SSSR count). The zero-order valence-corrected chi connectivity index (χ0v) is 16.8. The minimum atomic E-state index is -0.522. The first kappa shape index (κ1) is 19.8. The Kier molecular flexibility index (Phi) is 5.82. The van der Waals surface area contributed by atoms with Gasteiger partial charge in [-0.3, -0.25) is 10.00 Å². The van der Waals surface area contributed by atoms with Crippen molar-refractivity contribution in [2.75, 3.05) is 5.32 Å². The minimum absolute atomic E-state index is 0.440. The van der Waals surface area contributed by atoms with Gasteiger partial charge in [0.15, 0.2) is 0 Å². The summed E-state index contributed by atoms with van der Waals surface area (Å²) in [6, 6.07) is 0.502. The maximum Gasteiger partial charge on any atom is 0.413 e. The molecule has 1 aliphatic carbocycles. The lowest BCUT2D eigenvalue weighted by Crippen LogP contribution is -2.41. The lowest BCUT2D eigenvalue weighted by molar-refractivity contribution is 0.0634. The van der Waals surface area contributed by atoms with Crippen LogP contribution >= 0.6 is 0 Å². The highest BCUT2D eigenvalue weighted by molar-refractivity contribution is 5.84. The third-order valence-electron chi connectivity index (χ3n) is 4.88. The van der Waals surface area contributed by atoms with Crippen LogP contribution in [0.3, 0.4) is 0 Å². The molecule has 2 atom stereocenters. The molecular weight excluding hydrogens is 316 g/mol. The zero-order chi connectivity index (χ0) is 18.8. The van der Waals surface area contributed by atoms with Crippen LogP contribution in [0, 0.1) is 11.3 Å². The smallest absolute Gasteiger partial charge is 0.413 e. The number of hydrogen-bond acceptors (Lipinski definition) is 4. The first-order valence-corrected chi connectivity index (χ1v) is 9.21. The van der Waals surface area contributed by atoms with Gasteiger partial charge in [0.25, 0.3) is 0 Å². The van der Waals surface area contributed by atoms with Gasteiger partial charge in [0.2, 0.25) is 0 Å². The van der Waals surface area contributed by atoms with E-state index < -0.39 is 11.7 Å². The fourth-order valence-corrected chi connectivity index (χ4v) is 3.66. The highest BCUT2D eigenvalue weighted by Gasteiger charge is 2.32. The Morgan fingerprint density at radius 3 is 2.72 bits per heavy atom. The zero-order valence-electron chi connectivity index (χ0n) is 16.8. The number of carbonyl (C=O) groups is 1. The number of aromatic nitrogens is 2. The molecule has 142 valence electrons. The van der Waals surface area contributed by atoms with E-state index in [4.69, 9.17) is 4.74 Å². The molecule has 1 amide bonds. The summed E-state index contributed by atoms with van der Waals surface area (Å²) in [6.07, 6.45) is 5.01. The van der Waals surface area contributed by atoms with Crippen LogP contribution in [-0.4, -0.2) is 27.5 Å². The molecule has 0 radical (unpaired) electrons. The summed E-state index contributed by atoms with van der Waals surface area (Å²) in [5.41, 5.74) is 0.895. The maximum atomic E-state index is 12.1. The Balaban J connectivity index is 1.96. The van der Waals surface area contributed by atoms with Crippen molar-refractivity contribution in [3.8, 4) is 0 Å². The van der Waals surface area contributed by atoms with E-state index in [0.29, 0.717) is 29.7 Å². The van der Waals surface area contributed by atoms with Crippen LogP contribution in [-0.2, 0) is 18.3 Å².